The van der Waals surface area contributed by atoms with Gasteiger partial charge >= 0.3 is 29.6 Å². The van der Waals surface area contributed by atoms with Crippen molar-refractivity contribution >= 4 is 11.8 Å². The van der Waals surface area contributed by atoms with Crippen LogP contribution in [0.5, 0.6) is 0 Å². The fourth-order valence-electron chi connectivity index (χ4n) is 0. The first kappa shape index (κ1) is 35.8. The van der Waals surface area contributed by atoms with Crippen LogP contribution in [0.15, 0.2) is 0 Å². The number of nitrogens with two attached hydrogens (primary N) is 1. The van der Waals surface area contributed by atoms with Crippen LogP contribution in [-0.2, 0) is 0 Å². The third-order valence-corrected chi connectivity index (χ3v) is 0. The van der Waals surface area contributed by atoms with Gasteiger partial charge in [-0.05, 0) is 11.8 Å². The molecule has 0 atom stereocenters. The molecule has 0 aliphatic heterocycles. The Labute approximate surface area is 56.0 Å². The molecular formula is H3ClF2NNa. The fourth-order valence-corrected chi connectivity index (χ4v) is 0. The molecule has 0 spiro atoms. The van der Waals surface area contributed by atoms with E-state index in [2.05, 4.69) is 17.0 Å². The minimum atomic E-state index is 0. The first-order chi connectivity index (χ1) is 1.00. The molecule has 0 aromatic rings. The molecule has 0 aromatic heterocycles. The Morgan fingerprint density at radius 3 is 1.20 bits per heavy atom. The van der Waals surface area contributed by atoms with Gasteiger partial charge in [-0.15, -0.1) is 0 Å². The van der Waals surface area contributed by atoms with Crippen molar-refractivity contribution in [3.05, 3.63) is 0 Å². The summed E-state index contributed by atoms with van der Waals surface area (Å²) in [6.07, 6.45) is 0. The average Bonchev–Trinajstić information content (AvgIpc) is 1.00. The van der Waals surface area contributed by atoms with Crippen LogP contribution in [0.1, 0.15) is 0 Å². The minimum Gasteiger partial charge on any atom is -1.00 e. The van der Waals surface area contributed by atoms with Crippen LogP contribution < -0.4 is 39.5 Å². The van der Waals surface area contributed by atoms with Gasteiger partial charge in [-0.2, -0.15) is 0 Å². The summed E-state index contributed by atoms with van der Waals surface area (Å²) in [7, 11) is 0. The van der Waals surface area contributed by atoms with Crippen LogP contribution in [0.25, 0.3) is 0 Å². The average molecular weight is 113 g/mol. The largest absolute Gasteiger partial charge is 1.00 e. The van der Waals surface area contributed by atoms with E-state index in [4.69, 9.17) is 0 Å². The molecule has 5 heteroatoms. The molecule has 0 aliphatic rings. The first-order valence-corrected chi connectivity index (χ1v) is 0.655. The normalized spacial score (nSPS) is 1.20. The van der Waals surface area contributed by atoms with E-state index in [0.717, 1.165) is 0 Å². The molecule has 0 saturated carbocycles. The number of hydrogen-bond acceptors (Lipinski definition) is 1. The summed E-state index contributed by atoms with van der Waals surface area (Å²) >= 11 is 4.14. The maximum absolute atomic E-state index is 4.14. The molecule has 0 amide bonds. The summed E-state index contributed by atoms with van der Waals surface area (Å²) < 4.78 is 0. The van der Waals surface area contributed by atoms with E-state index in [1.54, 1.807) is 0 Å². The zero-order valence-electron chi connectivity index (χ0n) is 2.74. The molecule has 0 saturated heterocycles. The van der Waals surface area contributed by atoms with Crippen LogP contribution in [0.4, 0.5) is 4.70 Å². The molecule has 0 radical (unpaired) electrons. The van der Waals surface area contributed by atoms with E-state index >= 15 is 0 Å². The van der Waals surface area contributed by atoms with Crippen LogP contribution in [0, 0.1) is 0 Å². The van der Waals surface area contributed by atoms with Gasteiger partial charge in [0, 0.05) is 0 Å². The van der Waals surface area contributed by atoms with Gasteiger partial charge in [0.25, 0.3) is 0 Å². The van der Waals surface area contributed by atoms with E-state index in [-0.39, 0.29) is 39.0 Å². The van der Waals surface area contributed by atoms with Gasteiger partial charge in [0.15, 0.2) is 0 Å². The Kier molecular flexibility index (Phi) is 502. The topological polar surface area (TPSA) is 26.0 Å². The van der Waals surface area contributed by atoms with Crippen molar-refractivity contribution in [1.82, 2.24) is 0 Å². The summed E-state index contributed by atoms with van der Waals surface area (Å²) in [5.41, 5.74) is 0. The maximum Gasteiger partial charge on any atom is 1.00 e. The van der Waals surface area contributed by atoms with Gasteiger partial charge in [0.2, 0.25) is 0 Å². The monoisotopic (exact) mass is 113 g/mol. The molecule has 30 valence electrons. The molecule has 0 heterocycles. The maximum atomic E-state index is 4.14. The van der Waals surface area contributed by atoms with Crippen molar-refractivity contribution in [2.75, 3.05) is 0 Å². The Hall–Kier alpha value is 1.11. The van der Waals surface area contributed by atoms with Gasteiger partial charge in [-0.25, -0.2) is 5.25 Å². The van der Waals surface area contributed by atoms with Crippen molar-refractivity contribution in [3.63, 3.8) is 0 Å². The molecule has 1 nitrogen and oxygen atoms in total. The molecule has 5 heavy (non-hydrogen) atoms. The molecule has 0 fully saturated rings. The summed E-state index contributed by atoms with van der Waals surface area (Å²) in [6.45, 7) is 0. The molecule has 0 aliphatic carbocycles. The summed E-state index contributed by atoms with van der Waals surface area (Å²) in [6, 6.07) is 0. The summed E-state index contributed by atoms with van der Waals surface area (Å²) in [5.74, 6) is 0. The van der Waals surface area contributed by atoms with Crippen molar-refractivity contribution < 1.29 is 39.0 Å². The van der Waals surface area contributed by atoms with Crippen molar-refractivity contribution in [2.24, 2.45) is 5.25 Å². The number of rotatable bonds is 0. The van der Waals surface area contributed by atoms with E-state index in [0.29, 0.717) is 0 Å². The van der Waals surface area contributed by atoms with Crippen molar-refractivity contribution in [2.45, 2.75) is 0 Å². The predicted octanol–water partition coefficient (Wildman–Crippen LogP) is -5.74. The van der Waals surface area contributed by atoms with E-state index in [1.807, 2.05) is 0 Å². The summed E-state index contributed by atoms with van der Waals surface area (Å²) in [5, 5.41) is 3.97. The van der Waals surface area contributed by atoms with E-state index in [9.17, 15) is 0 Å². The van der Waals surface area contributed by atoms with Gasteiger partial charge in [0.1, 0.15) is 0 Å². The minimum absolute atomic E-state index is 0. The van der Waals surface area contributed by atoms with Gasteiger partial charge in [-0.1, -0.05) is 0 Å². The molecule has 0 rings (SSSR count). The standard InChI is InChI=1S/ClH2N.2FH.Na/c1-2;;;/h2H2;2*1H;/q;;;+1/p-1. The number of hydrogen-bond donors (Lipinski definition) is 1. The smallest absolute Gasteiger partial charge is 1.00 e. The van der Waals surface area contributed by atoms with Gasteiger partial charge in [0.05, 0.1) is 0 Å². The second-order valence-corrected chi connectivity index (χ2v) is 0. The molecular weight excluding hydrogens is 110 g/mol. The Balaban J connectivity index is -0.00000000167. The van der Waals surface area contributed by atoms with Crippen LogP contribution in [-0.4, -0.2) is 0 Å². The first-order valence-electron chi connectivity index (χ1n) is 0.218. The molecule has 0 bridgehead atoms. The van der Waals surface area contributed by atoms with Gasteiger partial charge in [-0.3, -0.25) is 4.70 Å². The zero-order valence-corrected chi connectivity index (χ0v) is 5.50. The van der Waals surface area contributed by atoms with E-state index in [1.165, 1.54) is 0 Å². The molecule has 2 N–H and O–H groups in total. The van der Waals surface area contributed by atoms with Gasteiger partial charge < -0.3 is 4.70 Å². The molecule has 0 aromatic carbocycles. The van der Waals surface area contributed by atoms with Crippen molar-refractivity contribution in [3.8, 4) is 0 Å². The second kappa shape index (κ2) is 70.1. The second-order valence-electron chi connectivity index (χ2n) is 0. The predicted molar refractivity (Wildman–Crippen MR) is 12.5 cm³/mol. The number of halogens is 3. The van der Waals surface area contributed by atoms with E-state index < -0.39 is 0 Å². The SMILES string of the molecule is F.NCl.[F-].[Na+]. The Morgan fingerprint density at radius 2 is 1.20 bits per heavy atom. The third kappa shape index (κ3) is 40.1. The quantitative estimate of drug-likeness (QED) is 0.246. The fraction of sp³-hybridized carbons (Fsp3) is 0. The Bertz CT molecular complexity index is 9.61. The van der Waals surface area contributed by atoms with Crippen molar-refractivity contribution in [1.29, 1.82) is 0 Å². The van der Waals surface area contributed by atoms with Crippen LogP contribution in [0.2, 0.25) is 0 Å². The summed E-state index contributed by atoms with van der Waals surface area (Å²) in [4.78, 5) is 0. The zero-order chi connectivity index (χ0) is 2.00. The van der Waals surface area contributed by atoms with Crippen LogP contribution >= 0.6 is 11.8 Å². The molecule has 0 unspecified atom stereocenters. The third-order valence-electron chi connectivity index (χ3n) is 0. The Morgan fingerprint density at radius 1 is 1.20 bits per heavy atom. The van der Waals surface area contributed by atoms with Crippen LogP contribution in [0.3, 0.4) is 0 Å².